The van der Waals surface area contributed by atoms with Crippen LogP contribution in [-0.2, 0) is 6.42 Å². The van der Waals surface area contributed by atoms with Crippen LogP contribution < -0.4 is 11.3 Å². The normalized spacial score (nSPS) is 17.7. The first-order chi connectivity index (χ1) is 7.40. The van der Waals surface area contributed by atoms with Gasteiger partial charge in [0.05, 0.1) is 5.69 Å². The quantitative estimate of drug-likeness (QED) is 0.585. The van der Waals surface area contributed by atoms with Gasteiger partial charge in [-0.3, -0.25) is 4.98 Å². The Labute approximate surface area is 90.3 Å². The number of hydrogen-bond donors (Lipinski definition) is 2. The van der Waals surface area contributed by atoms with Crippen molar-refractivity contribution in [1.29, 1.82) is 0 Å². The standard InChI is InChI=1S/C11H18N4/c12-15-11-10(13-6-7-14-11)8-9-4-2-1-3-5-9/h6-7,9H,1-5,8,12H2,(H,14,15). The predicted molar refractivity (Wildman–Crippen MR) is 60.1 cm³/mol. The minimum absolute atomic E-state index is 0.725. The average Bonchev–Trinajstić information content (AvgIpc) is 2.31. The van der Waals surface area contributed by atoms with Gasteiger partial charge < -0.3 is 5.43 Å². The first-order valence-electron chi connectivity index (χ1n) is 5.66. The Morgan fingerprint density at radius 2 is 1.93 bits per heavy atom. The molecule has 0 atom stereocenters. The number of nitrogen functional groups attached to an aromatic ring is 1. The highest BCUT2D eigenvalue weighted by molar-refractivity contribution is 5.37. The Balaban J connectivity index is 2.02. The fourth-order valence-corrected chi connectivity index (χ4v) is 2.30. The summed E-state index contributed by atoms with van der Waals surface area (Å²) in [7, 11) is 0. The van der Waals surface area contributed by atoms with E-state index < -0.39 is 0 Å². The molecule has 1 fully saturated rings. The van der Waals surface area contributed by atoms with E-state index in [4.69, 9.17) is 5.84 Å². The maximum atomic E-state index is 5.40. The zero-order valence-electron chi connectivity index (χ0n) is 8.95. The van der Waals surface area contributed by atoms with E-state index in [1.165, 1.54) is 32.1 Å². The van der Waals surface area contributed by atoms with E-state index in [0.29, 0.717) is 0 Å². The molecule has 0 spiro atoms. The van der Waals surface area contributed by atoms with Crippen molar-refractivity contribution >= 4 is 5.82 Å². The van der Waals surface area contributed by atoms with Gasteiger partial charge in [-0.2, -0.15) is 0 Å². The fraction of sp³-hybridized carbons (Fsp3) is 0.636. The number of nitrogens with one attached hydrogen (secondary N) is 1. The molecule has 1 aromatic rings. The SMILES string of the molecule is NNc1nccnc1CC1CCCCC1. The molecule has 0 aromatic carbocycles. The van der Waals surface area contributed by atoms with Gasteiger partial charge in [0.25, 0.3) is 0 Å². The van der Waals surface area contributed by atoms with E-state index in [1.54, 1.807) is 12.4 Å². The lowest BCUT2D eigenvalue weighted by Gasteiger charge is -2.21. The Bertz CT molecular complexity index is 307. The molecule has 1 heterocycles. The lowest BCUT2D eigenvalue weighted by Crippen LogP contribution is -2.16. The summed E-state index contributed by atoms with van der Waals surface area (Å²) in [6, 6.07) is 0. The van der Waals surface area contributed by atoms with Crippen LogP contribution in [0.25, 0.3) is 0 Å². The number of aromatic nitrogens is 2. The molecule has 1 saturated carbocycles. The van der Waals surface area contributed by atoms with Crippen LogP contribution in [0.3, 0.4) is 0 Å². The molecule has 1 aliphatic carbocycles. The third-order valence-electron chi connectivity index (χ3n) is 3.12. The van der Waals surface area contributed by atoms with E-state index in [1.807, 2.05) is 0 Å². The average molecular weight is 206 g/mol. The molecule has 2 rings (SSSR count). The summed E-state index contributed by atoms with van der Waals surface area (Å²) in [5.74, 6) is 6.89. The summed E-state index contributed by atoms with van der Waals surface area (Å²) in [5.41, 5.74) is 3.62. The van der Waals surface area contributed by atoms with Gasteiger partial charge in [0.2, 0.25) is 0 Å². The summed E-state index contributed by atoms with van der Waals surface area (Å²) >= 11 is 0. The van der Waals surface area contributed by atoms with Crippen LogP contribution in [0.15, 0.2) is 12.4 Å². The van der Waals surface area contributed by atoms with Crippen LogP contribution in [-0.4, -0.2) is 9.97 Å². The predicted octanol–water partition coefficient (Wildman–Crippen LogP) is 1.88. The van der Waals surface area contributed by atoms with Gasteiger partial charge in [-0.05, 0) is 12.3 Å². The van der Waals surface area contributed by atoms with Crippen LogP contribution in [0.1, 0.15) is 37.8 Å². The molecule has 1 aromatic heterocycles. The highest BCUT2D eigenvalue weighted by atomic mass is 15.3. The van der Waals surface area contributed by atoms with E-state index in [2.05, 4.69) is 15.4 Å². The summed E-state index contributed by atoms with van der Waals surface area (Å²) < 4.78 is 0. The molecule has 0 bridgehead atoms. The monoisotopic (exact) mass is 206 g/mol. The number of hydrogen-bond acceptors (Lipinski definition) is 4. The molecule has 0 unspecified atom stereocenters. The lowest BCUT2D eigenvalue weighted by molar-refractivity contribution is 0.354. The molecule has 0 amide bonds. The van der Waals surface area contributed by atoms with Crippen molar-refractivity contribution in [3.63, 3.8) is 0 Å². The van der Waals surface area contributed by atoms with Gasteiger partial charge in [-0.15, -0.1) is 0 Å². The number of nitrogens with zero attached hydrogens (tertiary/aromatic N) is 2. The van der Waals surface area contributed by atoms with Gasteiger partial charge in [0.15, 0.2) is 5.82 Å². The van der Waals surface area contributed by atoms with Gasteiger partial charge in [-0.1, -0.05) is 32.1 Å². The summed E-state index contributed by atoms with van der Waals surface area (Å²) in [4.78, 5) is 8.50. The molecule has 0 radical (unpaired) electrons. The highest BCUT2D eigenvalue weighted by Crippen LogP contribution is 2.27. The molecule has 82 valence electrons. The topological polar surface area (TPSA) is 63.8 Å². The third kappa shape index (κ3) is 2.65. The first-order valence-corrected chi connectivity index (χ1v) is 5.66. The van der Waals surface area contributed by atoms with Crippen molar-refractivity contribution in [2.24, 2.45) is 11.8 Å². The number of nitrogens with two attached hydrogens (primary N) is 1. The van der Waals surface area contributed by atoms with E-state index in [9.17, 15) is 0 Å². The van der Waals surface area contributed by atoms with Gasteiger partial charge in [0, 0.05) is 12.4 Å². The molecule has 3 N–H and O–H groups in total. The third-order valence-corrected chi connectivity index (χ3v) is 3.12. The highest BCUT2D eigenvalue weighted by Gasteiger charge is 2.16. The zero-order valence-corrected chi connectivity index (χ0v) is 8.95. The lowest BCUT2D eigenvalue weighted by atomic mass is 9.86. The zero-order chi connectivity index (χ0) is 10.5. The molecule has 0 saturated heterocycles. The second-order valence-corrected chi connectivity index (χ2v) is 4.20. The maximum Gasteiger partial charge on any atom is 0.161 e. The largest absolute Gasteiger partial charge is 0.307 e. The fourth-order valence-electron chi connectivity index (χ4n) is 2.30. The van der Waals surface area contributed by atoms with Crippen molar-refractivity contribution in [1.82, 2.24) is 9.97 Å². The van der Waals surface area contributed by atoms with Crippen molar-refractivity contribution in [2.75, 3.05) is 5.43 Å². The Morgan fingerprint density at radius 3 is 2.67 bits per heavy atom. The van der Waals surface area contributed by atoms with Crippen LogP contribution in [0, 0.1) is 5.92 Å². The van der Waals surface area contributed by atoms with E-state index >= 15 is 0 Å². The summed E-state index contributed by atoms with van der Waals surface area (Å²) in [6.07, 6.45) is 11.2. The number of rotatable bonds is 3. The first kappa shape index (κ1) is 10.4. The Kier molecular flexibility index (Phi) is 3.50. The van der Waals surface area contributed by atoms with E-state index in [-0.39, 0.29) is 0 Å². The minimum atomic E-state index is 0.725. The second-order valence-electron chi connectivity index (χ2n) is 4.20. The van der Waals surface area contributed by atoms with Crippen molar-refractivity contribution < 1.29 is 0 Å². The maximum absolute atomic E-state index is 5.40. The van der Waals surface area contributed by atoms with Crippen LogP contribution >= 0.6 is 0 Å². The van der Waals surface area contributed by atoms with E-state index in [0.717, 1.165) is 23.9 Å². The molecule has 15 heavy (non-hydrogen) atoms. The molecule has 4 heteroatoms. The Hall–Kier alpha value is -1.16. The smallest absolute Gasteiger partial charge is 0.161 e. The Morgan fingerprint density at radius 1 is 1.20 bits per heavy atom. The van der Waals surface area contributed by atoms with Gasteiger partial charge >= 0.3 is 0 Å². The minimum Gasteiger partial charge on any atom is -0.307 e. The van der Waals surface area contributed by atoms with Crippen molar-refractivity contribution in [3.05, 3.63) is 18.1 Å². The van der Waals surface area contributed by atoms with Crippen molar-refractivity contribution in [2.45, 2.75) is 38.5 Å². The molecular formula is C11H18N4. The van der Waals surface area contributed by atoms with Crippen molar-refractivity contribution in [3.8, 4) is 0 Å². The summed E-state index contributed by atoms with van der Waals surface area (Å²) in [6.45, 7) is 0. The summed E-state index contributed by atoms with van der Waals surface area (Å²) in [5, 5.41) is 0. The van der Waals surface area contributed by atoms with Crippen LogP contribution in [0.2, 0.25) is 0 Å². The molecule has 1 aliphatic rings. The number of anilines is 1. The number of hydrazine groups is 1. The van der Waals surface area contributed by atoms with Gasteiger partial charge in [0.1, 0.15) is 0 Å². The van der Waals surface area contributed by atoms with Crippen LogP contribution in [0.5, 0.6) is 0 Å². The van der Waals surface area contributed by atoms with Gasteiger partial charge in [-0.25, -0.2) is 10.8 Å². The van der Waals surface area contributed by atoms with Crippen LogP contribution in [0.4, 0.5) is 5.82 Å². The molecule has 0 aliphatic heterocycles. The molecular weight excluding hydrogens is 188 g/mol. The second kappa shape index (κ2) is 5.07. The molecule has 4 nitrogen and oxygen atoms in total.